The van der Waals surface area contributed by atoms with Crippen molar-refractivity contribution in [2.24, 2.45) is 0 Å². The first kappa shape index (κ1) is 11.2. The molecule has 0 atom stereocenters. The molecule has 0 fully saturated rings. The minimum Gasteiger partial charge on any atom is -0.356 e. The highest BCUT2D eigenvalue weighted by atomic mass is 32.1. The Kier molecular flexibility index (Phi) is 3.29. The smallest absolute Gasteiger partial charge is 0.203 e. The van der Waals surface area contributed by atoms with Gasteiger partial charge in [-0.15, -0.1) is 11.3 Å². The molecule has 0 bridgehead atoms. The molecule has 2 aromatic rings. The summed E-state index contributed by atoms with van der Waals surface area (Å²) in [5.41, 5.74) is 1.38. The van der Waals surface area contributed by atoms with Crippen molar-refractivity contribution < 1.29 is 0 Å². The second kappa shape index (κ2) is 4.70. The molecule has 0 saturated heterocycles. The summed E-state index contributed by atoms with van der Waals surface area (Å²) in [6.45, 7) is 8.22. The van der Waals surface area contributed by atoms with Gasteiger partial charge in [-0.1, -0.05) is 0 Å². The van der Waals surface area contributed by atoms with Crippen LogP contribution in [0.3, 0.4) is 0 Å². The van der Waals surface area contributed by atoms with Crippen molar-refractivity contribution in [3.05, 3.63) is 33.8 Å². The van der Waals surface area contributed by atoms with Crippen molar-refractivity contribution in [3.63, 3.8) is 0 Å². The molecule has 0 aliphatic heterocycles. The van der Waals surface area contributed by atoms with E-state index in [2.05, 4.69) is 41.7 Å². The van der Waals surface area contributed by atoms with Gasteiger partial charge in [-0.05, 0) is 32.4 Å². The average molecular weight is 235 g/mol. The van der Waals surface area contributed by atoms with Gasteiger partial charge < -0.3 is 9.88 Å². The number of nitrogens with one attached hydrogen (secondary N) is 1. The minimum atomic E-state index is 0.902. The first-order chi connectivity index (χ1) is 7.70. The largest absolute Gasteiger partial charge is 0.356 e. The SMILES string of the molecule is CCNc1nccn1Cc1cc(C)c(C)s1. The van der Waals surface area contributed by atoms with Crippen LogP contribution in [0.1, 0.15) is 22.2 Å². The zero-order valence-electron chi connectivity index (χ0n) is 9.95. The molecule has 2 rings (SSSR count). The molecule has 0 saturated carbocycles. The third-order valence-corrected chi connectivity index (χ3v) is 3.73. The van der Waals surface area contributed by atoms with Crippen LogP contribution in [-0.2, 0) is 6.54 Å². The lowest BCUT2D eigenvalue weighted by molar-refractivity contribution is 0.811. The molecule has 0 unspecified atom stereocenters. The zero-order chi connectivity index (χ0) is 11.5. The van der Waals surface area contributed by atoms with Crippen LogP contribution >= 0.6 is 11.3 Å². The van der Waals surface area contributed by atoms with E-state index >= 15 is 0 Å². The summed E-state index contributed by atoms with van der Waals surface area (Å²) in [6, 6.07) is 2.26. The van der Waals surface area contributed by atoms with Crippen LogP contribution in [0.25, 0.3) is 0 Å². The van der Waals surface area contributed by atoms with E-state index in [4.69, 9.17) is 0 Å². The van der Waals surface area contributed by atoms with E-state index in [9.17, 15) is 0 Å². The molecule has 1 N–H and O–H groups in total. The molecule has 2 heterocycles. The molecule has 2 aromatic heterocycles. The van der Waals surface area contributed by atoms with Gasteiger partial charge in [0.1, 0.15) is 0 Å². The summed E-state index contributed by atoms with van der Waals surface area (Å²) < 4.78 is 2.15. The number of thiophene rings is 1. The fraction of sp³-hybridized carbons (Fsp3) is 0.417. The Bertz CT molecular complexity index is 451. The molecule has 86 valence electrons. The van der Waals surface area contributed by atoms with E-state index in [0.29, 0.717) is 0 Å². The van der Waals surface area contributed by atoms with Gasteiger partial charge in [0.2, 0.25) is 5.95 Å². The number of hydrogen-bond acceptors (Lipinski definition) is 3. The standard InChI is InChI=1S/C12H17N3S/c1-4-13-12-14-5-6-15(12)8-11-7-9(2)10(3)16-11/h5-7H,4,8H2,1-3H3,(H,13,14). The Balaban J connectivity index is 2.16. The maximum Gasteiger partial charge on any atom is 0.203 e. The molecule has 0 aliphatic rings. The van der Waals surface area contributed by atoms with Crippen LogP contribution in [0.15, 0.2) is 18.5 Å². The Morgan fingerprint density at radius 2 is 2.25 bits per heavy atom. The van der Waals surface area contributed by atoms with E-state index in [-0.39, 0.29) is 0 Å². The van der Waals surface area contributed by atoms with Gasteiger partial charge in [0, 0.05) is 28.7 Å². The highest BCUT2D eigenvalue weighted by molar-refractivity contribution is 7.12. The second-order valence-electron chi connectivity index (χ2n) is 3.86. The zero-order valence-corrected chi connectivity index (χ0v) is 10.8. The number of aromatic nitrogens is 2. The fourth-order valence-corrected chi connectivity index (χ4v) is 2.71. The van der Waals surface area contributed by atoms with E-state index in [0.717, 1.165) is 19.0 Å². The van der Waals surface area contributed by atoms with Gasteiger partial charge in [0.15, 0.2) is 0 Å². The van der Waals surface area contributed by atoms with E-state index < -0.39 is 0 Å². The van der Waals surface area contributed by atoms with E-state index in [1.165, 1.54) is 15.3 Å². The second-order valence-corrected chi connectivity index (χ2v) is 5.20. The number of nitrogens with zero attached hydrogens (tertiary/aromatic N) is 2. The summed E-state index contributed by atoms with van der Waals surface area (Å²) in [5.74, 6) is 0.950. The Hall–Kier alpha value is -1.29. The normalized spacial score (nSPS) is 10.7. The molecular weight excluding hydrogens is 218 g/mol. The average Bonchev–Trinajstić information content (AvgIpc) is 2.77. The summed E-state index contributed by atoms with van der Waals surface area (Å²) in [6.07, 6.45) is 3.85. The number of hydrogen-bond donors (Lipinski definition) is 1. The van der Waals surface area contributed by atoms with Crippen LogP contribution in [0.2, 0.25) is 0 Å². The molecule has 4 heteroatoms. The monoisotopic (exact) mass is 235 g/mol. The summed E-state index contributed by atoms with van der Waals surface area (Å²) in [4.78, 5) is 7.07. The van der Waals surface area contributed by atoms with Crippen LogP contribution in [0.4, 0.5) is 5.95 Å². The van der Waals surface area contributed by atoms with Crippen LogP contribution < -0.4 is 5.32 Å². The predicted octanol–water partition coefficient (Wildman–Crippen LogP) is 3.04. The maximum absolute atomic E-state index is 4.29. The van der Waals surface area contributed by atoms with E-state index in [1.54, 1.807) is 0 Å². The summed E-state index contributed by atoms with van der Waals surface area (Å²) >= 11 is 1.86. The van der Waals surface area contributed by atoms with Crippen LogP contribution in [0, 0.1) is 13.8 Å². The molecule has 0 aliphatic carbocycles. The van der Waals surface area contributed by atoms with E-state index in [1.807, 2.05) is 23.7 Å². The number of anilines is 1. The molecule has 0 radical (unpaired) electrons. The highest BCUT2D eigenvalue weighted by Crippen LogP contribution is 2.22. The first-order valence-electron chi connectivity index (χ1n) is 5.51. The van der Waals surface area contributed by atoms with Gasteiger partial charge in [-0.3, -0.25) is 0 Å². The van der Waals surface area contributed by atoms with Gasteiger partial charge in [0.05, 0.1) is 6.54 Å². The molecular formula is C12H17N3S. The molecule has 16 heavy (non-hydrogen) atoms. The predicted molar refractivity (Wildman–Crippen MR) is 69.3 cm³/mol. The minimum absolute atomic E-state index is 0.902. The van der Waals surface area contributed by atoms with Crippen molar-refractivity contribution in [2.75, 3.05) is 11.9 Å². The van der Waals surface area contributed by atoms with Gasteiger partial charge in [-0.2, -0.15) is 0 Å². The summed E-state index contributed by atoms with van der Waals surface area (Å²) in [7, 11) is 0. The number of imidazole rings is 1. The lowest BCUT2D eigenvalue weighted by Gasteiger charge is -2.06. The highest BCUT2D eigenvalue weighted by Gasteiger charge is 2.05. The number of aryl methyl sites for hydroxylation is 2. The van der Waals surface area contributed by atoms with Crippen molar-refractivity contribution in [1.29, 1.82) is 0 Å². The summed E-state index contributed by atoms with van der Waals surface area (Å²) in [5, 5.41) is 3.25. The third kappa shape index (κ3) is 2.27. The quantitative estimate of drug-likeness (QED) is 0.882. The van der Waals surface area contributed by atoms with Crippen molar-refractivity contribution >= 4 is 17.3 Å². The lowest BCUT2D eigenvalue weighted by Crippen LogP contribution is -2.06. The molecule has 0 amide bonds. The van der Waals surface area contributed by atoms with Crippen molar-refractivity contribution in [3.8, 4) is 0 Å². The molecule has 0 aromatic carbocycles. The first-order valence-corrected chi connectivity index (χ1v) is 6.33. The third-order valence-electron chi connectivity index (χ3n) is 2.59. The topological polar surface area (TPSA) is 29.9 Å². The van der Waals surface area contributed by atoms with Crippen molar-refractivity contribution in [2.45, 2.75) is 27.3 Å². The van der Waals surface area contributed by atoms with Gasteiger partial charge in [-0.25, -0.2) is 4.98 Å². The molecule has 0 spiro atoms. The Labute approximate surface area is 100 Å². The Morgan fingerprint density at radius 3 is 2.88 bits per heavy atom. The fourth-order valence-electron chi connectivity index (χ4n) is 1.66. The lowest BCUT2D eigenvalue weighted by atomic mass is 10.3. The van der Waals surface area contributed by atoms with Crippen LogP contribution in [0.5, 0.6) is 0 Å². The molecule has 3 nitrogen and oxygen atoms in total. The van der Waals surface area contributed by atoms with Crippen LogP contribution in [-0.4, -0.2) is 16.1 Å². The number of rotatable bonds is 4. The van der Waals surface area contributed by atoms with Gasteiger partial charge >= 0.3 is 0 Å². The maximum atomic E-state index is 4.29. The van der Waals surface area contributed by atoms with Gasteiger partial charge in [0.25, 0.3) is 0 Å². The Morgan fingerprint density at radius 1 is 1.44 bits per heavy atom. The van der Waals surface area contributed by atoms with Crippen molar-refractivity contribution in [1.82, 2.24) is 9.55 Å².